The van der Waals surface area contributed by atoms with Crippen LogP contribution in [0.15, 0.2) is 52.9 Å². The number of carbonyl (C=O) groups is 1. The van der Waals surface area contributed by atoms with Crippen molar-refractivity contribution < 1.29 is 13.9 Å². The number of amides is 1. The molecule has 0 radical (unpaired) electrons. The topological polar surface area (TPSA) is 103 Å². The number of nitrogens with one attached hydrogen (secondary N) is 1. The summed E-state index contributed by atoms with van der Waals surface area (Å²) in [6, 6.07) is 15.4. The lowest BCUT2D eigenvalue weighted by atomic mass is 10.1. The van der Waals surface area contributed by atoms with Gasteiger partial charge in [0.15, 0.2) is 17.4 Å². The fraction of sp³-hybridized carbons (Fsp3) is 0.174. The van der Waals surface area contributed by atoms with Crippen molar-refractivity contribution in [3.8, 4) is 17.1 Å². The Morgan fingerprint density at radius 3 is 2.77 bits per heavy atom. The van der Waals surface area contributed by atoms with E-state index in [4.69, 9.17) is 24.9 Å². The Labute approximate surface area is 172 Å². The molecule has 0 atom stereocenters. The summed E-state index contributed by atoms with van der Waals surface area (Å²) in [5.74, 6) is 1.97. The normalized spacial score (nSPS) is 12.6. The minimum absolute atomic E-state index is 0.341. The Balaban J connectivity index is 1.61. The van der Waals surface area contributed by atoms with Crippen LogP contribution in [0.5, 0.6) is 5.75 Å². The number of rotatable bonds is 5. The highest BCUT2D eigenvalue weighted by Gasteiger charge is 2.25. The molecule has 3 N–H and O–H groups in total. The number of nitrogens with two attached hydrogens (primary N) is 1. The van der Waals surface area contributed by atoms with Gasteiger partial charge in [-0.15, -0.1) is 0 Å². The summed E-state index contributed by atoms with van der Waals surface area (Å²) < 4.78 is 11.7. The van der Waals surface area contributed by atoms with Crippen molar-refractivity contribution in [3.05, 3.63) is 71.1 Å². The van der Waals surface area contributed by atoms with E-state index in [1.54, 1.807) is 12.1 Å². The molecule has 0 unspecified atom stereocenters. The second-order valence-corrected chi connectivity index (χ2v) is 7.19. The number of hydrogen-bond acceptors (Lipinski definition) is 6. The van der Waals surface area contributed by atoms with Gasteiger partial charge < -0.3 is 20.2 Å². The number of anilines is 1. The number of furan rings is 1. The molecule has 0 bridgehead atoms. The average Bonchev–Trinajstić information content (AvgIpc) is 3.35. The van der Waals surface area contributed by atoms with E-state index in [-0.39, 0.29) is 0 Å². The predicted octanol–water partition coefficient (Wildman–Crippen LogP) is 3.84. The van der Waals surface area contributed by atoms with Crippen LogP contribution in [0.1, 0.15) is 27.4 Å². The van der Waals surface area contributed by atoms with E-state index in [1.165, 1.54) is 0 Å². The molecule has 0 saturated carbocycles. The Morgan fingerprint density at radius 1 is 1.13 bits per heavy atom. The van der Waals surface area contributed by atoms with Crippen molar-refractivity contribution in [1.29, 1.82) is 0 Å². The Hall–Kier alpha value is -3.87. The highest BCUT2D eigenvalue weighted by molar-refractivity contribution is 6.07. The molecule has 1 aliphatic rings. The van der Waals surface area contributed by atoms with Crippen molar-refractivity contribution in [2.24, 2.45) is 5.73 Å². The van der Waals surface area contributed by atoms with Crippen LogP contribution in [0.3, 0.4) is 0 Å². The SMILES string of the molecule is Cc1oc2c(C(N)=O)cccc2c1-c1nc2c(c(NCc3ccccc3)n1)OCC2. The number of aromatic nitrogens is 2. The minimum Gasteiger partial charge on any atom is -0.487 e. The first-order valence-corrected chi connectivity index (χ1v) is 9.75. The molecule has 5 rings (SSSR count). The molecule has 30 heavy (non-hydrogen) atoms. The van der Waals surface area contributed by atoms with E-state index in [2.05, 4.69) is 17.4 Å². The van der Waals surface area contributed by atoms with Gasteiger partial charge in [0.2, 0.25) is 0 Å². The third-order valence-corrected chi connectivity index (χ3v) is 5.20. The van der Waals surface area contributed by atoms with Crippen LogP contribution >= 0.6 is 0 Å². The number of fused-ring (bicyclic) bond motifs is 2. The maximum Gasteiger partial charge on any atom is 0.252 e. The fourth-order valence-corrected chi connectivity index (χ4v) is 3.79. The summed E-state index contributed by atoms with van der Waals surface area (Å²) in [7, 11) is 0. The quantitative estimate of drug-likeness (QED) is 0.527. The van der Waals surface area contributed by atoms with Crippen LogP contribution < -0.4 is 15.8 Å². The highest BCUT2D eigenvalue weighted by Crippen LogP contribution is 2.38. The second kappa shape index (κ2) is 7.18. The smallest absolute Gasteiger partial charge is 0.252 e. The zero-order chi connectivity index (χ0) is 20.7. The van der Waals surface area contributed by atoms with Crippen molar-refractivity contribution in [2.75, 3.05) is 11.9 Å². The predicted molar refractivity (Wildman–Crippen MR) is 113 cm³/mol. The average molecular weight is 400 g/mol. The zero-order valence-electron chi connectivity index (χ0n) is 16.4. The standard InChI is InChI=1S/C23H20N4O3/c1-13-18(15-8-5-9-16(21(24)28)19(15)30-13)22-26-17-10-11-29-20(17)23(27-22)25-12-14-6-3-2-4-7-14/h2-9H,10-12H2,1H3,(H2,24,28)(H,25,26,27). The highest BCUT2D eigenvalue weighted by atomic mass is 16.5. The molecule has 7 nitrogen and oxygen atoms in total. The number of primary amides is 1. The molecule has 1 aliphatic heterocycles. The zero-order valence-corrected chi connectivity index (χ0v) is 16.4. The summed E-state index contributed by atoms with van der Waals surface area (Å²) >= 11 is 0. The van der Waals surface area contributed by atoms with Crippen LogP contribution in [0.4, 0.5) is 5.82 Å². The summed E-state index contributed by atoms with van der Waals surface area (Å²) in [6.45, 7) is 3.03. The van der Waals surface area contributed by atoms with E-state index in [9.17, 15) is 4.79 Å². The first kappa shape index (κ1) is 18.2. The van der Waals surface area contributed by atoms with Gasteiger partial charge in [0.25, 0.3) is 5.91 Å². The van der Waals surface area contributed by atoms with Gasteiger partial charge in [-0.05, 0) is 18.6 Å². The minimum atomic E-state index is -0.533. The monoisotopic (exact) mass is 400 g/mol. The summed E-state index contributed by atoms with van der Waals surface area (Å²) in [5, 5.41) is 4.14. The first-order chi connectivity index (χ1) is 14.6. The summed E-state index contributed by atoms with van der Waals surface area (Å²) in [6.07, 6.45) is 0.715. The number of aryl methyl sites for hydroxylation is 1. The number of ether oxygens (including phenoxy) is 1. The lowest BCUT2D eigenvalue weighted by Gasteiger charge is -2.11. The number of hydrogen-bond donors (Lipinski definition) is 2. The second-order valence-electron chi connectivity index (χ2n) is 7.19. The van der Waals surface area contributed by atoms with Gasteiger partial charge in [0.1, 0.15) is 11.3 Å². The molecule has 0 fully saturated rings. The lowest BCUT2D eigenvalue weighted by molar-refractivity contribution is 0.100. The van der Waals surface area contributed by atoms with Crippen molar-refractivity contribution in [1.82, 2.24) is 9.97 Å². The largest absolute Gasteiger partial charge is 0.487 e. The molecular weight excluding hydrogens is 380 g/mol. The van der Waals surface area contributed by atoms with Gasteiger partial charge in [-0.1, -0.05) is 42.5 Å². The number of benzene rings is 2. The van der Waals surface area contributed by atoms with Gasteiger partial charge in [-0.3, -0.25) is 4.79 Å². The van der Waals surface area contributed by atoms with E-state index in [0.29, 0.717) is 53.9 Å². The maximum atomic E-state index is 11.8. The summed E-state index contributed by atoms with van der Waals surface area (Å²) in [4.78, 5) is 21.3. The fourth-order valence-electron chi connectivity index (χ4n) is 3.79. The molecule has 3 heterocycles. The van der Waals surface area contributed by atoms with E-state index >= 15 is 0 Å². The number of para-hydroxylation sites is 1. The van der Waals surface area contributed by atoms with Crippen LogP contribution in [0.25, 0.3) is 22.4 Å². The lowest BCUT2D eigenvalue weighted by Crippen LogP contribution is -2.10. The molecule has 0 aliphatic carbocycles. The van der Waals surface area contributed by atoms with Crippen LogP contribution in [0.2, 0.25) is 0 Å². The Kier molecular flexibility index (Phi) is 4.35. The number of nitrogens with zero attached hydrogens (tertiary/aromatic N) is 2. The molecular formula is C23H20N4O3. The Bertz CT molecular complexity index is 1260. The van der Waals surface area contributed by atoms with Crippen LogP contribution in [-0.2, 0) is 13.0 Å². The third-order valence-electron chi connectivity index (χ3n) is 5.20. The van der Waals surface area contributed by atoms with Gasteiger partial charge in [-0.2, -0.15) is 0 Å². The van der Waals surface area contributed by atoms with Gasteiger partial charge in [0, 0.05) is 18.4 Å². The van der Waals surface area contributed by atoms with Gasteiger partial charge >= 0.3 is 0 Å². The van der Waals surface area contributed by atoms with Crippen LogP contribution in [-0.4, -0.2) is 22.5 Å². The molecule has 0 spiro atoms. The van der Waals surface area contributed by atoms with E-state index < -0.39 is 5.91 Å². The molecule has 7 heteroatoms. The summed E-state index contributed by atoms with van der Waals surface area (Å²) in [5.41, 5.74) is 9.06. The third kappa shape index (κ3) is 3.04. The number of carbonyl (C=O) groups excluding carboxylic acids is 1. The van der Waals surface area contributed by atoms with E-state index in [1.807, 2.05) is 31.2 Å². The van der Waals surface area contributed by atoms with E-state index in [0.717, 1.165) is 22.2 Å². The first-order valence-electron chi connectivity index (χ1n) is 9.75. The molecule has 4 aromatic rings. The molecule has 2 aromatic heterocycles. The van der Waals surface area contributed by atoms with Crippen molar-refractivity contribution in [2.45, 2.75) is 19.9 Å². The maximum absolute atomic E-state index is 11.8. The molecule has 0 saturated heterocycles. The Morgan fingerprint density at radius 2 is 1.97 bits per heavy atom. The van der Waals surface area contributed by atoms with Gasteiger partial charge in [-0.25, -0.2) is 9.97 Å². The molecule has 1 amide bonds. The van der Waals surface area contributed by atoms with Crippen molar-refractivity contribution >= 4 is 22.7 Å². The van der Waals surface area contributed by atoms with Crippen LogP contribution in [0, 0.1) is 6.92 Å². The molecule has 2 aromatic carbocycles. The van der Waals surface area contributed by atoms with Gasteiger partial charge in [0.05, 0.1) is 23.4 Å². The molecule has 150 valence electrons. The van der Waals surface area contributed by atoms with Crippen molar-refractivity contribution in [3.63, 3.8) is 0 Å².